The molecule has 5 rings (SSSR count). The van der Waals surface area contributed by atoms with Gasteiger partial charge in [-0.15, -0.1) is 0 Å². The Hall–Kier alpha value is -2.08. The number of aromatic nitrogens is 2. The van der Waals surface area contributed by atoms with Gasteiger partial charge in [-0.3, -0.25) is 9.36 Å². The lowest BCUT2D eigenvalue weighted by atomic mass is 9.80. The van der Waals surface area contributed by atoms with Gasteiger partial charge in [0.2, 0.25) is 0 Å². The van der Waals surface area contributed by atoms with Crippen LogP contribution in [-0.4, -0.2) is 45.2 Å². The van der Waals surface area contributed by atoms with Gasteiger partial charge in [0.05, 0.1) is 11.0 Å². The summed E-state index contributed by atoms with van der Waals surface area (Å²) in [6, 6.07) is 7.60. The molecule has 1 saturated heterocycles. The van der Waals surface area contributed by atoms with Crippen molar-refractivity contribution >= 4 is 17.0 Å². The average Bonchev–Trinajstić information content (AvgIpc) is 3.61. The van der Waals surface area contributed by atoms with Crippen molar-refractivity contribution in [3.63, 3.8) is 0 Å². The predicted octanol–water partition coefficient (Wildman–Crippen LogP) is 6.24. The van der Waals surface area contributed by atoms with E-state index in [2.05, 4.69) is 35.0 Å². The molecule has 0 radical (unpaired) electrons. The summed E-state index contributed by atoms with van der Waals surface area (Å²) in [7, 11) is 0. The van der Waals surface area contributed by atoms with E-state index in [0.29, 0.717) is 30.3 Å². The number of esters is 1. The number of hydrogen-bond donors (Lipinski definition) is 1. The SMILES string of the molecule is C[C@H]1CC(Cc2ccc3[nH]c(=O)n(C4CC4)c3c2)CCCN1CC1CCC(CC(=O)OC(C)(C)C)CC1. The fourth-order valence-corrected chi connectivity index (χ4v) is 6.90. The fraction of sp³-hybridized carbons (Fsp3) is 0.742. The highest BCUT2D eigenvalue weighted by Crippen LogP contribution is 2.37. The molecule has 37 heavy (non-hydrogen) atoms. The third kappa shape index (κ3) is 6.87. The molecule has 1 unspecified atom stereocenters. The number of H-pyrrole nitrogens is 1. The minimum absolute atomic E-state index is 0.0328. The van der Waals surface area contributed by atoms with Crippen LogP contribution in [0.4, 0.5) is 0 Å². The van der Waals surface area contributed by atoms with Crippen LogP contribution in [0, 0.1) is 17.8 Å². The molecule has 6 heteroatoms. The molecule has 6 nitrogen and oxygen atoms in total. The maximum absolute atomic E-state index is 12.4. The zero-order chi connectivity index (χ0) is 26.2. The molecular weight excluding hydrogens is 462 g/mol. The van der Waals surface area contributed by atoms with Crippen LogP contribution in [0.5, 0.6) is 0 Å². The van der Waals surface area contributed by atoms with Crippen LogP contribution in [-0.2, 0) is 16.0 Å². The Bertz CT molecular complexity index is 1130. The first kappa shape index (κ1) is 26.5. The summed E-state index contributed by atoms with van der Waals surface area (Å²) in [6.07, 6.45) is 12.5. The molecule has 2 saturated carbocycles. The van der Waals surface area contributed by atoms with Gasteiger partial charge in [0.25, 0.3) is 0 Å². The maximum Gasteiger partial charge on any atom is 0.326 e. The van der Waals surface area contributed by atoms with Crippen LogP contribution in [0.15, 0.2) is 23.0 Å². The number of likely N-dealkylation sites (tertiary alicyclic amines) is 1. The highest BCUT2D eigenvalue weighted by molar-refractivity contribution is 5.76. The van der Waals surface area contributed by atoms with E-state index < -0.39 is 0 Å². The van der Waals surface area contributed by atoms with Crippen molar-refractivity contribution in [2.24, 2.45) is 17.8 Å². The molecule has 3 aliphatic rings. The Balaban J connectivity index is 1.11. The summed E-state index contributed by atoms with van der Waals surface area (Å²) in [6.45, 7) is 10.7. The predicted molar refractivity (Wildman–Crippen MR) is 149 cm³/mol. The molecule has 0 spiro atoms. The van der Waals surface area contributed by atoms with Crippen molar-refractivity contribution in [1.29, 1.82) is 0 Å². The summed E-state index contributed by atoms with van der Waals surface area (Å²) >= 11 is 0. The fourth-order valence-electron chi connectivity index (χ4n) is 6.90. The number of nitrogens with zero attached hydrogens (tertiary/aromatic N) is 2. The number of nitrogens with one attached hydrogen (secondary N) is 1. The molecule has 1 N–H and O–H groups in total. The molecule has 204 valence electrons. The van der Waals surface area contributed by atoms with E-state index >= 15 is 0 Å². The maximum atomic E-state index is 12.4. The van der Waals surface area contributed by atoms with Gasteiger partial charge in [0.15, 0.2) is 0 Å². The van der Waals surface area contributed by atoms with Crippen molar-refractivity contribution in [1.82, 2.24) is 14.5 Å². The summed E-state index contributed by atoms with van der Waals surface area (Å²) in [5.74, 6) is 1.91. The van der Waals surface area contributed by atoms with E-state index in [4.69, 9.17) is 4.74 Å². The van der Waals surface area contributed by atoms with Gasteiger partial charge in [-0.05, 0) is 134 Å². The standard InChI is InChI=1S/C31H47N3O3/c1-21-16-24(17-25-11-14-27-28(18-25)34(26-12-13-26)30(36)32-27)6-5-15-33(21)20-23-9-7-22(8-10-23)19-29(35)37-31(2,3)4/h11,14,18,21-24,26H,5-10,12-13,15-17,19-20H2,1-4H3,(H,32,36)/t21-,22?,23?,24?/m0/s1. The quantitative estimate of drug-likeness (QED) is 0.449. The molecule has 1 aromatic heterocycles. The molecule has 2 atom stereocenters. The minimum Gasteiger partial charge on any atom is -0.460 e. The Morgan fingerprint density at radius 3 is 2.46 bits per heavy atom. The number of rotatable bonds is 7. The van der Waals surface area contributed by atoms with Crippen molar-refractivity contribution in [3.8, 4) is 0 Å². The number of carbonyl (C=O) groups is 1. The first-order valence-electron chi connectivity index (χ1n) is 14.8. The lowest BCUT2D eigenvalue weighted by Gasteiger charge is -2.35. The molecule has 1 aromatic carbocycles. The number of benzene rings is 1. The zero-order valence-electron chi connectivity index (χ0n) is 23.4. The van der Waals surface area contributed by atoms with Crippen molar-refractivity contribution in [2.75, 3.05) is 13.1 Å². The number of fused-ring (bicyclic) bond motifs is 1. The molecule has 2 heterocycles. The minimum atomic E-state index is -0.386. The Morgan fingerprint density at radius 2 is 1.76 bits per heavy atom. The van der Waals surface area contributed by atoms with Crippen LogP contribution in [0.2, 0.25) is 0 Å². The van der Waals surface area contributed by atoms with Gasteiger partial charge in [-0.1, -0.05) is 6.07 Å². The zero-order valence-corrected chi connectivity index (χ0v) is 23.4. The highest BCUT2D eigenvalue weighted by Gasteiger charge is 2.30. The third-order valence-electron chi connectivity index (χ3n) is 8.91. The summed E-state index contributed by atoms with van der Waals surface area (Å²) in [4.78, 5) is 30.4. The molecule has 0 amide bonds. The van der Waals surface area contributed by atoms with Crippen molar-refractivity contribution in [2.45, 2.75) is 116 Å². The van der Waals surface area contributed by atoms with E-state index in [1.54, 1.807) is 0 Å². The van der Waals surface area contributed by atoms with Crippen molar-refractivity contribution < 1.29 is 9.53 Å². The van der Waals surface area contributed by atoms with Crippen LogP contribution < -0.4 is 5.69 Å². The molecular formula is C31H47N3O3. The van der Waals surface area contributed by atoms with Crippen LogP contribution in [0.3, 0.4) is 0 Å². The summed E-state index contributed by atoms with van der Waals surface area (Å²) < 4.78 is 7.53. The monoisotopic (exact) mass is 509 g/mol. The largest absolute Gasteiger partial charge is 0.460 e. The number of hydrogen-bond acceptors (Lipinski definition) is 4. The summed E-state index contributed by atoms with van der Waals surface area (Å²) in [5, 5.41) is 0. The van der Waals surface area contributed by atoms with Crippen LogP contribution in [0.25, 0.3) is 11.0 Å². The molecule has 0 bridgehead atoms. The van der Waals surface area contributed by atoms with Gasteiger partial charge in [-0.25, -0.2) is 4.79 Å². The van der Waals surface area contributed by atoms with E-state index in [0.717, 1.165) is 49.1 Å². The Labute approximate surface area is 222 Å². The molecule has 1 aliphatic heterocycles. The Kier molecular flexibility index (Phi) is 7.86. The topological polar surface area (TPSA) is 67.3 Å². The first-order chi connectivity index (χ1) is 17.6. The van der Waals surface area contributed by atoms with Gasteiger partial charge in [0, 0.05) is 25.0 Å². The number of carbonyl (C=O) groups excluding carboxylic acids is 1. The van der Waals surface area contributed by atoms with Gasteiger partial charge < -0.3 is 14.6 Å². The van der Waals surface area contributed by atoms with E-state index in [9.17, 15) is 9.59 Å². The Morgan fingerprint density at radius 1 is 1.03 bits per heavy atom. The van der Waals surface area contributed by atoms with Crippen molar-refractivity contribution in [3.05, 3.63) is 34.2 Å². The molecule has 2 aliphatic carbocycles. The van der Waals surface area contributed by atoms with Crippen LogP contribution in [0.1, 0.15) is 104 Å². The molecule has 3 fully saturated rings. The van der Waals surface area contributed by atoms with Crippen LogP contribution >= 0.6 is 0 Å². The third-order valence-corrected chi connectivity index (χ3v) is 8.91. The lowest BCUT2D eigenvalue weighted by Crippen LogP contribution is -2.38. The van der Waals surface area contributed by atoms with Gasteiger partial charge in [0.1, 0.15) is 5.60 Å². The second-order valence-electron chi connectivity index (χ2n) is 13.4. The second-order valence-corrected chi connectivity index (χ2v) is 13.4. The lowest BCUT2D eigenvalue weighted by molar-refractivity contribution is -0.156. The van der Waals surface area contributed by atoms with E-state index in [1.807, 2.05) is 25.3 Å². The van der Waals surface area contributed by atoms with E-state index in [1.165, 1.54) is 50.8 Å². The summed E-state index contributed by atoms with van der Waals surface area (Å²) in [5.41, 5.74) is 3.10. The number of ether oxygens (including phenoxy) is 1. The highest BCUT2D eigenvalue weighted by atomic mass is 16.6. The van der Waals surface area contributed by atoms with E-state index in [-0.39, 0.29) is 17.3 Å². The second kappa shape index (κ2) is 11.0. The smallest absolute Gasteiger partial charge is 0.326 e. The van der Waals surface area contributed by atoms with Gasteiger partial charge >= 0.3 is 11.7 Å². The number of aromatic amines is 1. The van der Waals surface area contributed by atoms with Gasteiger partial charge in [-0.2, -0.15) is 0 Å². The average molecular weight is 510 g/mol. The first-order valence-corrected chi connectivity index (χ1v) is 14.8. The number of imidazole rings is 1. The molecule has 2 aromatic rings. The normalized spacial score (nSPS) is 27.8.